The monoisotopic (exact) mass is 476 g/mol. The highest BCUT2D eigenvalue weighted by Crippen LogP contribution is 2.42. The van der Waals surface area contributed by atoms with E-state index in [1.165, 1.54) is 12.8 Å². The number of aromatic nitrogens is 2. The number of benzene rings is 1. The number of quaternary nitrogens is 1. The predicted molar refractivity (Wildman–Crippen MR) is 134 cm³/mol. The molecule has 4 aliphatic rings. The van der Waals surface area contributed by atoms with Crippen LogP contribution in [0.3, 0.4) is 0 Å². The quantitative estimate of drug-likeness (QED) is 0.235. The lowest BCUT2D eigenvalue weighted by atomic mass is 9.74. The van der Waals surface area contributed by atoms with Gasteiger partial charge in [0.1, 0.15) is 12.2 Å². The number of hydrogen-bond acceptors (Lipinski definition) is 5. The number of ketones is 1. The Morgan fingerprint density at radius 3 is 2.43 bits per heavy atom. The summed E-state index contributed by atoms with van der Waals surface area (Å²) in [6.07, 6.45) is 14.6. The lowest BCUT2D eigenvalue weighted by molar-refractivity contribution is -0.946. The smallest absolute Gasteiger partial charge is 0.317 e. The van der Waals surface area contributed by atoms with Gasteiger partial charge in [0.2, 0.25) is 0 Å². The lowest BCUT2D eigenvalue weighted by Gasteiger charge is -2.52. The van der Waals surface area contributed by atoms with Gasteiger partial charge in [0.05, 0.1) is 31.2 Å². The molecule has 1 saturated carbocycles. The van der Waals surface area contributed by atoms with Crippen LogP contribution >= 0.6 is 0 Å². The number of fused-ring (bicyclic) bond motifs is 3. The zero-order valence-corrected chi connectivity index (χ0v) is 20.7. The number of carbonyl (C=O) groups is 2. The van der Waals surface area contributed by atoms with E-state index in [4.69, 9.17) is 4.74 Å². The molecular weight excluding hydrogens is 438 g/mol. The van der Waals surface area contributed by atoms with Gasteiger partial charge in [0.15, 0.2) is 11.9 Å². The molecule has 3 aliphatic heterocycles. The van der Waals surface area contributed by atoms with Crippen LogP contribution in [0.15, 0.2) is 48.9 Å². The van der Waals surface area contributed by atoms with Gasteiger partial charge in [-0.15, -0.1) is 0 Å². The van der Waals surface area contributed by atoms with Gasteiger partial charge < -0.3 is 9.22 Å². The van der Waals surface area contributed by atoms with Crippen LogP contribution in [0, 0.1) is 5.92 Å². The van der Waals surface area contributed by atoms with Crippen molar-refractivity contribution in [3.8, 4) is 0 Å². The highest BCUT2D eigenvalue weighted by Gasteiger charge is 2.50. The normalized spacial score (nSPS) is 27.7. The third kappa shape index (κ3) is 5.18. The molecule has 1 aromatic heterocycles. The first-order chi connectivity index (χ1) is 17.1. The Morgan fingerprint density at radius 2 is 1.74 bits per heavy atom. The summed E-state index contributed by atoms with van der Waals surface area (Å²) in [6.45, 7) is 4.10. The molecule has 1 atom stereocenters. The second-order valence-electron chi connectivity index (χ2n) is 11.0. The minimum absolute atomic E-state index is 0.000305. The van der Waals surface area contributed by atoms with Crippen LogP contribution in [0.1, 0.15) is 80.3 Å². The molecule has 1 aliphatic carbocycles. The maximum absolute atomic E-state index is 13.9. The molecule has 0 unspecified atom stereocenters. The number of rotatable bonds is 8. The van der Waals surface area contributed by atoms with E-state index in [0.717, 1.165) is 81.2 Å². The Morgan fingerprint density at radius 1 is 1.00 bits per heavy atom. The second kappa shape index (κ2) is 10.6. The van der Waals surface area contributed by atoms with E-state index in [9.17, 15) is 9.59 Å². The lowest BCUT2D eigenvalue weighted by Crippen LogP contribution is -2.65. The first-order valence-corrected chi connectivity index (χ1v) is 13.5. The minimum Gasteiger partial charge on any atom is -0.455 e. The Kier molecular flexibility index (Phi) is 7.28. The first-order valence-electron chi connectivity index (χ1n) is 13.5. The molecular formula is C29H38N3O3+. The van der Waals surface area contributed by atoms with Crippen molar-refractivity contribution in [2.75, 3.05) is 26.2 Å². The van der Waals surface area contributed by atoms with Gasteiger partial charge in [-0.1, -0.05) is 56.0 Å². The van der Waals surface area contributed by atoms with E-state index in [0.29, 0.717) is 18.0 Å². The molecule has 0 amide bonds. The fourth-order valence-corrected chi connectivity index (χ4v) is 6.77. The number of ether oxygens (including phenoxy) is 1. The summed E-state index contributed by atoms with van der Waals surface area (Å²) >= 11 is 0. The SMILES string of the molecule is O=C(CCC[N+]12CCC(CC1)[C@@H](OC(=O)C1(c3ccccc3)CCCCCC1)C2)c1cnccn1. The fraction of sp³-hybridized carbons (Fsp3) is 0.586. The van der Waals surface area contributed by atoms with Crippen LogP contribution in [-0.2, 0) is 14.9 Å². The van der Waals surface area contributed by atoms with Crippen LogP contribution in [-0.4, -0.2) is 58.5 Å². The second-order valence-corrected chi connectivity index (χ2v) is 11.0. The molecule has 0 spiro atoms. The largest absolute Gasteiger partial charge is 0.455 e. The van der Waals surface area contributed by atoms with Gasteiger partial charge in [-0.25, -0.2) is 4.98 Å². The number of hydrogen-bond donors (Lipinski definition) is 0. The molecule has 0 N–H and O–H groups in total. The zero-order chi connectivity index (χ0) is 24.1. The number of Topliss-reactive ketones (excluding diaryl/α,β-unsaturated/α-hetero) is 1. The Labute approximate surface area is 208 Å². The maximum atomic E-state index is 13.9. The van der Waals surface area contributed by atoms with E-state index < -0.39 is 5.41 Å². The molecule has 1 aromatic carbocycles. The van der Waals surface area contributed by atoms with Gasteiger partial charge in [-0.05, 0) is 18.4 Å². The Hall–Kier alpha value is -2.60. The fourth-order valence-electron chi connectivity index (χ4n) is 6.77. The predicted octanol–water partition coefficient (Wildman–Crippen LogP) is 4.88. The third-order valence-corrected chi connectivity index (χ3v) is 8.86. The van der Waals surface area contributed by atoms with E-state index in [1.807, 2.05) is 18.2 Å². The van der Waals surface area contributed by atoms with Crippen molar-refractivity contribution in [1.29, 1.82) is 0 Å². The topological polar surface area (TPSA) is 69.2 Å². The molecule has 4 heterocycles. The van der Waals surface area contributed by atoms with Crippen molar-refractivity contribution in [2.24, 2.45) is 5.92 Å². The van der Waals surface area contributed by atoms with Crippen LogP contribution in [0.4, 0.5) is 0 Å². The first kappa shape index (κ1) is 24.1. The summed E-state index contributed by atoms with van der Waals surface area (Å²) < 4.78 is 7.43. The molecule has 0 radical (unpaired) electrons. The van der Waals surface area contributed by atoms with Crippen LogP contribution < -0.4 is 0 Å². The summed E-state index contributed by atoms with van der Waals surface area (Å²) in [7, 11) is 0. The molecule has 2 bridgehead atoms. The molecule has 186 valence electrons. The van der Waals surface area contributed by atoms with E-state index >= 15 is 0 Å². The van der Waals surface area contributed by atoms with Crippen LogP contribution in [0.5, 0.6) is 0 Å². The molecule has 35 heavy (non-hydrogen) atoms. The number of carbonyl (C=O) groups excluding carboxylic acids is 2. The van der Waals surface area contributed by atoms with Gasteiger partial charge >= 0.3 is 5.97 Å². The van der Waals surface area contributed by atoms with Gasteiger partial charge in [-0.2, -0.15) is 0 Å². The van der Waals surface area contributed by atoms with Crippen molar-refractivity contribution in [3.63, 3.8) is 0 Å². The number of esters is 1. The summed E-state index contributed by atoms with van der Waals surface area (Å²) in [5.74, 6) is 0.531. The highest BCUT2D eigenvalue weighted by molar-refractivity contribution is 5.93. The van der Waals surface area contributed by atoms with Crippen LogP contribution in [0.25, 0.3) is 0 Å². The summed E-state index contributed by atoms with van der Waals surface area (Å²) in [5.41, 5.74) is 1.07. The van der Waals surface area contributed by atoms with Gasteiger partial charge in [0, 0.05) is 44.0 Å². The summed E-state index contributed by atoms with van der Waals surface area (Å²) in [4.78, 5) is 34.5. The van der Waals surface area contributed by atoms with Crippen molar-refractivity contribution in [1.82, 2.24) is 9.97 Å². The van der Waals surface area contributed by atoms with E-state index in [1.54, 1.807) is 18.6 Å². The van der Waals surface area contributed by atoms with E-state index in [2.05, 4.69) is 22.1 Å². The van der Waals surface area contributed by atoms with E-state index in [-0.39, 0.29) is 17.9 Å². The molecule has 6 heteroatoms. The van der Waals surface area contributed by atoms with Gasteiger partial charge in [-0.3, -0.25) is 14.6 Å². The average Bonchev–Trinajstić information content (AvgIpc) is 3.17. The van der Waals surface area contributed by atoms with Crippen molar-refractivity contribution >= 4 is 11.8 Å². The molecule has 6 nitrogen and oxygen atoms in total. The molecule has 3 saturated heterocycles. The number of piperidine rings is 3. The number of nitrogens with zero attached hydrogens (tertiary/aromatic N) is 3. The summed E-state index contributed by atoms with van der Waals surface area (Å²) in [5, 5.41) is 0. The van der Waals surface area contributed by atoms with Crippen LogP contribution in [0.2, 0.25) is 0 Å². The van der Waals surface area contributed by atoms with Crippen molar-refractivity contribution in [2.45, 2.75) is 75.7 Å². The molecule has 2 aromatic rings. The summed E-state index contributed by atoms with van der Waals surface area (Å²) in [6, 6.07) is 10.4. The Bertz CT molecular complexity index is 994. The van der Waals surface area contributed by atoms with Gasteiger partial charge in [0.25, 0.3) is 0 Å². The third-order valence-electron chi connectivity index (χ3n) is 8.86. The average molecular weight is 477 g/mol. The zero-order valence-electron chi connectivity index (χ0n) is 20.7. The standard InChI is InChI=1S/C29H38N3O3/c33-26(25-21-30-16-17-31-25)11-8-18-32-19-12-23(13-20-32)27(22-32)35-28(34)29(14-6-1-2-7-15-29)24-9-4-3-5-10-24/h3-5,9-10,16-17,21,23,27H,1-2,6-8,11-15,18-20,22H2/q+1/t23?,27-,32?/m0/s1. The maximum Gasteiger partial charge on any atom is 0.317 e. The van der Waals surface area contributed by atoms with Crippen molar-refractivity contribution in [3.05, 3.63) is 60.2 Å². The minimum atomic E-state index is -0.502. The molecule has 6 rings (SSSR count). The highest BCUT2D eigenvalue weighted by atomic mass is 16.5. The van der Waals surface area contributed by atoms with Crippen molar-refractivity contribution < 1.29 is 18.8 Å². The molecule has 4 fully saturated rings. The Balaban J connectivity index is 1.24.